The minimum absolute atomic E-state index is 0.100. The number of fused-ring (bicyclic) bond motifs is 1. The Bertz CT molecular complexity index is 516. The van der Waals surface area contributed by atoms with Crippen molar-refractivity contribution in [3.8, 4) is 0 Å². The van der Waals surface area contributed by atoms with Crippen molar-refractivity contribution in [2.45, 2.75) is 64.1 Å². The zero-order valence-electron chi connectivity index (χ0n) is 13.2. The molecule has 5 heteroatoms. The highest BCUT2D eigenvalue weighted by molar-refractivity contribution is 5.94. The molecule has 1 aromatic rings. The number of morpholine rings is 1. The Morgan fingerprint density at radius 3 is 2.81 bits per heavy atom. The average molecular weight is 291 g/mol. The minimum atomic E-state index is -0.100. The predicted octanol–water partition coefficient (Wildman–Crippen LogP) is 2.42. The number of nitrogens with zero attached hydrogens (tertiary/aromatic N) is 3. The second-order valence-electron chi connectivity index (χ2n) is 7.10. The Balaban J connectivity index is 1.79. The van der Waals surface area contributed by atoms with Crippen molar-refractivity contribution in [1.82, 2.24) is 14.7 Å². The largest absolute Gasteiger partial charge is 0.374 e. The summed E-state index contributed by atoms with van der Waals surface area (Å²) in [6.45, 7) is 7.60. The summed E-state index contributed by atoms with van der Waals surface area (Å²) in [5, 5.41) is 4.35. The zero-order chi connectivity index (χ0) is 15.0. The van der Waals surface area contributed by atoms with E-state index in [2.05, 4.69) is 25.9 Å². The molecule has 1 aromatic heterocycles. The summed E-state index contributed by atoms with van der Waals surface area (Å²) < 4.78 is 7.70. The van der Waals surface area contributed by atoms with Crippen LogP contribution >= 0.6 is 0 Å². The predicted molar refractivity (Wildman–Crippen MR) is 80.3 cm³/mol. The molecule has 0 radical (unpaired) electrons. The Morgan fingerprint density at radius 1 is 1.33 bits per heavy atom. The van der Waals surface area contributed by atoms with Gasteiger partial charge in [-0.2, -0.15) is 5.10 Å². The first kappa shape index (κ1) is 14.6. The summed E-state index contributed by atoms with van der Waals surface area (Å²) in [4.78, 5) is 14.8. The van der Waals surface area contributed by atoms with Crippen LogP contribution in [-0.4, -0.2) is 45.9 Å². The standard InChI is InChI=1S/C16H25N3O2/c1-16(2,3)19-11-12(10-17-19)15(20)18-8-9-21-14-7-5-4-6-13(14)18/h10-11,13-14H,4-9H2,1-3H3/t13-,14-/m0/s1. The van der Waals surface area contributed by atoms with Crippen LogP contribution in [0.25, 0.3) is 0 Å². The van der Waals surface area contributed by atoms with Crippen LogP contribution in [0.5, 0.6) is 0 Å². The number of hydrogen-bond donors (Lipinski definition) is 0. The number of carbonyl (C=O) groups excluding carboxylic acids is 1. The second kappa shape index (κ2) is 5.44. The number of rotatable bonds is 1. The molecule has 3 rings (SSSR count). The van der Waals surface area contributed by atoms with E-state index in [4.69, 9.17) is 4.74 Å². The van der Waals surface area contributed by atoms with Crippen LogP contribution in [-0.2, 0) is 10.3 Å². The molecule has 2 aliphatic rings. The van der Waals surface area contributed by atoms with Gasteiger partial charge in [0.05, 0.1) is 36.1 Å². The fraction of sp³-hybridized carbons (Fsp3) is 0.750. The van der Waals surface area contributed by atoms with E-state index >= 15 is 0 Å². The van der Waals surface area contributed by atoms with Crippen LogP contribution < -0.4 is 0 Å². The molecule has 2 atom stereocenters. The van der Waals surface area contributed by atoms with Gasteiger partial charge in [0.25, 0.3) is 5.91 Å². The highest BCUT2D eigenvalue weighted by Gasteiger charge is 2.37. The van der Waals surface area contributed by atoms with Gasteiger partial charge in [-0.25, -0.2) is 0 Å². The van der Waals surface area contributed by atoms with Crippen molar-refractivity contribution in [2.75, 3.05) is 13.2 Å². The van der Waals surface area contributed by atoms with Crippen molar-refractivity contribution in [1.29, 1.82) is 0 Å². The van der Waals surface area contributed by atoms with Gasteiger partial charge >= 0.3 is 0 Å². The lowest BCUT2D eigenvalue weighted by atomic mass is 9.90. The van der Waals surface area contributed by atoms with Crippen molar-refractivity contribution in [3.63, 3.8) is 0 Å². The molecule has 21 heavy (non-hydrogen) atoms. The van der Waals surface area contributed by atoms with Gasteiger partial charge in [-0.1, -0.05) is 12.8 Å². The zero-order valence-corrected chi connectivity index (χ0v) is 13.2. The lowest BCUT2D eigenvalue weighted by Crippen LogP contribution is -2.54. The maximum Gasteiger partial charge on any atom is 0.257 e. The summed E-state index contributed by atoms with van der Waals surface area (Å²) in [6.07, 6.45) is 8.34. The van der Waals surface area contributed by atoms with Gasteiger partial charge in [0.1, 0.15) is 0 Å². The first-order chi connectivity index (χ1) is 9.97. The molecule has 1 saturated heterocycles. The van der Waals surface area contributed by atoms with Gasteiger partial charge in [-0.05, 0) is 33.6 Å². The van der Waals surface area contributed by atoms with Crippen molar-refractivity contribution in [3.05, 3.63) is 18.0 Å². The molecule has 0 N–H and O–H groups in total. The van der Waals surface area contributed by atoms with E-state index in [1.807, 2.05) is 15.8 Å². The summed E-state index contributed by atoms with van der Waals surface area (Å²) in [6, 6.07) is 0.248. The van der Waals surface area contributed by atoms with E-state index in [0.29, 0.717) is 18.7 Å². The highest BCUT2D eigenvalue weighted by Crippen LogP contribution is 2.29. The van der Waals surface area contributed by atoms with Gasteiger partial charge in [-0.15, -0.1) is 0 Å². The molecule has 2 heterocycles. The Kier molecular flexibility index (Phi) is 3.78. The van der Waals surface area contributed by atoms with Crippen molar-refractivity contribution >= 4 is 5.91 Å². The smallest absolute Gasteiger partial charge is 0.257 e. The third kappa shape index (κ3) is 2.84. The fourth-order valence-electron chi connectivity index (χ4n) is 3.31. The van der Waals surface area contributed by atoms with Gasteiger partial charge < -0.3 is 9.64 Å². The molecular formula is C16H25N3O2. The molecule has 116 valence electrons. The molecule has 1 aliphatic carbocycles. The average Bonchev–Trinajstić information content (AvgIpc) is 2.96. The second-order valence-corrected chi connectivity index (χ2v) is 7.10. The molecule has 1 amide bonds. The fourth-order valence-corrected chi connectivity index (χ4v) is 3.31. The number of hydrogen-bond acceptors (Lipinski definition) is 3. The van der Waals surface area contributed by atoms with Crippen LogP contribution in [0.15, 0.2) is 12.4 Å². The van der Waals surface area contributed by atoms with Gasteiger partial charge in [-0.3, -0.25) is 9.48 Å². The van der Waals surface area contributed by atoms with Crippen molar-refractivity contribution in [2.24, 2.45) is 0 Å². The van der Waals surface area contributed by atoms with Crippen LogP contribution in [0.2, 0.25) is 0 Å². The minimum Gasteiger partial charge on any atom is -0.374 e. The van der Waals surface area contributed by atoms with E-state index in [0.717, 1.165) is 12.8 Å². The van der Waals surface area contributed by atoms with E-state index in [1.54, 1.807) is 6.20 Å². The van der Waals surface area contributed by atoms with Crippen molar-refractivity contribution < 1.29 is 9.53 Å². The first-order valence-electron chi connectivity index (χ1n) is 7.94. The van der Waals surface area contributed by atoms with E-state index < -0.39 is 0 Å². The topological polar surface area (TPSA) is 47.4 Å². The lowest BCUT2D eigenvalue weighted by molar-refractivity contribution is -0.0752. The molecule has 5 nitrogen and oxygen atoms in total. The summed E-state index contributed by atoms with van der Waals surface area (Å²) in [5.74, 6) is 0.103. The van der Waals surface area contributed by atoms with Gasteiger partial charge in [0.15, 0.2) is 0 Å². The molecule has 1 aliphatic heterocycles. The van der Waals surface area contributed by atoms with E-state index in [9.17, 15) is 4.79 Å². The SMILES string of the molecule is CC(C)(C)n1cc(C(=O)N2CCO[C@H]3CCCC[C@@H]32)cn1. The number of aromatic nitrogens is 2. The molecule has 2 fully saturated rings. The van der Waals surface area contributed by atoms with Crippen LogP contribution in [0.1, 0.15) is 56.8 Å². The van der Waals surface area contributed by atoms with Crippen LogP contribution in [0.3, 0.4) is 0 Å². The summed E-state index contributed by atoms with van der Waals surface area (Å²) >= 11 is 0. The third-order valence-corrected chi connectivity index (χ3v) is 4.51. The Morgan fingerprint density at radius 2 is 2.10 bits per heavy atom. The Hall–Kier alpha value is -1.36. The maximum absolute atomic E-state index is 12.8. The van der Waals surface area contributed by atoms with Gasteiger partial charge in [0, 0.05) is 12.7 Å². The van der Waals surface area contributed by atoms with Crippen LogP contribution in [0, 0.1) is 0 Å². The molecular weight excluding hydrogens is 266 g/mol. The number of amides is 1. The third-order valence-electron chi connectivity index (χ3n) is 4.51. The highest BCUT2D eigenvalue weighted by atomic mass is 16.5. The lowest BCUT2D eigenvalue weighted by Gasteiger charge is -2.43. The monoisotopic (exact) mass is 291 g/mol. The van der Waals surface area contributed by atoms with Crippen LogP contribution in [0.4, 0.5) is 0 Å². The molecule has 0 bridgehead atoms. The maximum atomic E-state index is 12.8. The Labute approximate surface area is 126 Å². The normalized spacial score (nSPS) is 26.5. The van der Waals surface area contributed by atoms with E-state index in [1.165, 1.54) is 12.8 Å². The molecule has 1 saturated carbocycles. The number of ether oxygens (including phenoxy) is 1. The summed E-state index contributed by atoms with van der Waals surface area (Å²) in [5.41, 5.74) is 0.591. The van der Waals surface area contributed by atoms with E-state index in [-0.39, 0.29) is 23.6 Å². The van der Waals surface area contributed by atoms with Gasteiger partial charge in [0.2, 0.25) is 0 Å². The molecule has 0 unspecified atom stereocenters. The molecule has 0 aromatic carbocycles. The first-order valence-corrected chi connectivity index (χ1v) is 7.94. The quantitative estimate of drug-likeness (QED) is 0.798. The molecule has 0 spiro atoms. The number of carbonyl (C=O) groups is 1. The summed E-state index contributed by atoms with van der Waals surface area (Å²) in [7, 11) is 0.